The summed E-state index contributed by atoms with van der Waals surface area (Å²) in [6, 6.07) is 5.56. The SMILES string of the molecule is COCC1CCN(CC(=O)Nc2cccc(N)c2C)C1. The van der Waals surface area contributed by atoms with Gasteiger partial charge in [0.05, 0.1) is 13.2 Å². The number of nitrogens with one attached hydrogen (secondary N) is 1. The van der Waals surface area contributed by atoms with Gasteiger partial charge in [-0.3, -0.25) is 9.69 Å². The van der Waals surface area contributed by atoms with Gasteiger partial charge in [-0.25, -0.2) is 0 Å². The van der Waals surface area contributed by atoms with E-state index in [0.29, 0.717) is 18.2 Å². The molecule has 110 valence electrons. The molecular weight excluding hydrogens is 254 g/mol. The average molecular weight is 277 g/mol. The predicted molar refractivity (Wildman–Crippen MR) is 80.6 cm³/mol. The zero-order chi connectivity index (χ0) is 14.5. The minimum Gasteiger partial charge on any atom is -0.398 e. The first kappa shape index (κ1) is 14.8. The number of carbonyl (C=O) groups excluding carboxylic acids is 1. The second kappa shape index (κ2) is 6.72. The molecule has 1 atom stereocenters. The maximum atomic E-state index is 12.1. The molecule has 2 rings (SSSR count). The van der Waals surface area contributed by atoms with Crippen LogP contribution in [0.25, 0.3) is 0 Å². The van der Waals surface area contributed by atoms with E-state index in [1.165, 1.54) is 0 Å². The maximum Gasteiger partial charge on any atom is 0.238 e. The molecular formula is C15H23N3O2. The molecule has 0 aromatic heterocycles. The van der Waals surface area contributed by atoms with Crippen molar-refractivity contribution in [3.8, 4) is 0 Å². The molecule has 1 amide bonds. The first-order chi connectivity index (χ1) is 9.60. The zero-order valence-electron chi connectivity index (χ0n) is 12.2. The number of methoxy groups -OCH3 is 1. The number of nitrogen functional groups attached to an aromatic ring is 1. The van der Waals surface area contributed by atoms with E-state index in [2.05, 4.69) is 10.2 Å². The summed E-state index contributed by atoms with van der Waals surface area (Å²) in [5.74, 6) is 0.554. The van der Waals surface area contributed by atoms with Crippen molar-refractivity contribution in [1.82, 2.24) is 4.90 Å². The van der Waals surface area contributed by atoms with E-state index in [1.807, 2.05) is 25.1 Å². The Balaban J connectivity index is 1.86. The lowest BCUT2D eigenvalue weighted by molar-refractivity contribution is -0.117. The molecule has 0 aliphatic carbocycles. The second-order valence-electron chi connectivity index (χ2n) is 5.41. The summed E-state index contributed by atoms with van der Waals surface area (Å²) in [5.41, 5.74) is 8.24. The van der Waals surface area contributed by atoms with Crippen molar-refractivity contribution in [2.75, 3.05) is 44.4 Å². The van der Waals surface area contributed by atoms with E-state index < -0.39 is 0 Å². The van der Waals surface area contributed by atoms with Crippen LogP contribution in [0.3, 0.4) is 0 Å². The van der Waals surface area contributed by atoms with Gasteiger partial charge in [0.2, 0.25) is 5.91 Å². The fraction of sp³-hybridized carbons (Fsp3) is 0.533. The molecule has 1 aliphatic rings. The molecule has 0 bridgehead atoms. The molecule has 1 fully saturated rings. The highest BCUT2D eigenvalue weighted by Crippen LogP contribution is 2.21. The smallest absolute Gasteiger partial charge is 0.238 e. The number of likely N-dealkylation sites (tertiary alicyclic amines) is 1. The molecule has 0 radical (unpaired) electrons. The van der Waals surface area contributed by atoms with Crippen LogP contribution in [0.1, 0.15) is 12.0 Å². The van der Waals surface area contributed by atoms with Crippen LogP contribution in [0.15, 0.2) is 18.2 Å². The van der Waals surface area contributed by atoms with Gasteiger partial charge in [0, 0.05) is 25.0 Å². The Morgan fingerprint density at radius 3 is 3.10 bits per heavy atom. The average Bonchev–Trinajstić information content (AvgIpc) is 2.83. The number of amides is 1. The summed E-state index contributed by atoms with van der Waals surface area (Å²) >= 11 is 0. The minimum absolute atomic E-state index is 0.0109. The third kappa shape index (κ3) is 3.71. The van der Waals surface area contributed by atoms with Crippen LogP contribution in [0, 0.1) is 12.8 Å². The number of hydrogen-bond donors (Lipinski definition) is 2. The van der Waals surface area contributed by atoms with E-state index in [0.717, 1.165) is 37.4 Å². The maximum absolute atomic E-state index is 12.1. The fourth-order valence-corrected chi connectivity index (χ4v) is 2.61. The molecule has 1 heterocycles. The summed E-state index contributed by atoms with van der Waals surface area (Å²) in [4.78, 5) is 14.2. The summed E-state index contributed by atoms with van der Waals surface area (Å²) < 4.78 is 5.16. The van der Waals surface area contributed by atoms with Gasteiger partial charge >= 0.3 is 0 Å². The molecule has 20 heavy (non-hydrogen) atoms. The van der Waals surface area contributed by atoms with Gasteiger partial charge < -0.3 is 15.8 Å². The highest BCUT2D eigenvalue weighted by molar-refractivity contribution is 5.93. The fourth-order valence-electron chi connectivity index (χ4n) is 2.61. The number of ether oxygens (including phenoxy) is 1. The van der Waals surface area contributed by atoms with Gasteiger partial charge in [0.1, 0.15) is 0 Å². The lowest BCUT2D eigenvalue weighted by atomic mass is 10.1. The van der Waals surface area contributed by atoms with Crippen LogP contribution in [0.4, 0.5) is 11.4 Å². The highest BCUT2D eigenvalue weighted by atomic mass is 16.5. The lowest BCUT2D eigenvalue weighted by Gasteiger charge is -2.16. The van der Waals surface area contributed by atoms with Crippen molar-refractivity contribution < 1.29 is 9.53 Å². The molecule has 1 saturated heterocycles. The van der Waals surface area contributed by atoms with Crippen LogP contribution in [0.5, 0.6) is 0 Å². The lowest BCUT2D eigenvalue weighted by Crippen LogP contribution is -2.32. The number of hydrogen-bond acceptors (Lipinski definition) is 4. The van der Waals surface area contributed by atoms with Crippen molar-refractivity contribution in [3.05, 3.63) is 23.8 Å². The third-order valence-electron chi connectivity index (χ3n) is 3.79. The zero-order valence-corrected chi connectivity index (χ0v) is 12.2. The quantitative estimate of drug-likeness (QED) is 0.800. The van der Waals surface area contributed by atoms with Crippen molar-refractivity contribution in [1.29, 1.82) is 0 Å². The number of benzene rings is 1. The molecule has 1 unspecified atom stereocenters. The Hall–Kier alpha value is -1.59. The summed E-state index contributed by atoms with van der Waals surface area (Å²) in [7, 11) is 1.72. The van der Waals surface area contributed by atoms with Crippen LogP contribution < -0.4 is 11.1 Å². The number of anilines is 2. The van der Waals surface area contributed by atoms with E-state index in [9.17, 15) is 4.79 Å². The highest BCUT2D eigenvalue weighted by Gasteiger charge is 2.23. The van der Waals surface area contributed by atoms with Crippen molar-refractivity contribution in [2.24, 2.45) is 5.92 Å². The number of nitrogens with zero attached hydrogens (tertiary/aromatic N) is 1. The normalized spacial score (nSPS) is 19.2. The van der Waals surface area contributed by atoms with Crippen LogP contribution in [-0.4, -0.2) is 44.2 Å². The molecule has 1 aromatic carbocycles. The first-order valence-corrected chi connectivity index (χ1v) is 6.96. The van der Waals surface area contributed by atoms with E-state index in [-0.39, 0.29) is 5.91 Å². The monoisotopic (exact) mass is 277 g/mol. The Kier molecular flexibility index (Phi) is 4.98. The van der Waals surface area contributed by atoms with Crippen LogP contribution in [-0.2, 0) is 9.53 Å². The Morgan fingerprint density at radius 2 is 2.35 bits per heavy atom. The van der Waals surface area contributed by atoms with E-state index >= 15 is 0 Å². The van der Waals surface area contributed by atoms with E-state index in [4.69, 9.17) is 10.5 Å². The number of rotatable bonds is 5. The standard InChI is InChI=1S/C15H23N3O2/c1-11-13(16)4-3-5-14(11)17-15(19)9-18-7-6-12(8-18)10-20-2/h3-5,12H,6-10,16H2,1-2H3,(H,17,19). The topological polar surface area (TPSA) is 67.6 Å². The largest absolute Gasteiger partial charge is 0.398 e. The number of nitrogens with two attached hydrogens (primary N) is 1. The molecule has 0 spiro atoms. The predicted octanol–water partition coefficient (Wildman–Crippen LogP) is 1.48. The minimum atomic E-state index is 0.0109. The molecule has 0 saturated carbocycles. The van der Waals surface area contributed by atoms with Gasteiger partial charge in [-0.15, -0.1) is 0 Å². The van der Waals surface area contributed by atoms with Crippen molar-refractivity contribution >= 4 is 17.3 Å². The van der Waals surface area contributed by atoms with Gasteiger partial charge in [-0.2, -0.15) is 0 Å². The van der Waals surface area contributed by atoms with Crippen LogP contribution >= 0.6 is 0 Å². The molecule has 5 nitrogen and oxygen atoms in total. The molecule has 1 aliphatic heterocycles. The summed E-state index contributed by atoms with van der Waals surface area (Å²) in [6.45, 7) is 4.99. The van der Waals surface area contributed by atoms with Crippen LogP contribution in [0.2, 0.25) is 0 Å². The Labute approximate surface area is 120 Å². The molecule has 3 N–H and O–H groups in total. The van der Waals surface area contributed by atoms with Gasteiger partial charge in [0.25, 0.3) is 0 Å². The first-order valence-electron chi connectivity index (χ1n) is 6.96. The van der Waals surface area contributed by atoms with Crippen molar-refractivity contribution in [3.63, 3.8) is 0 Å². The van der Waals surface area contributed by atoms with Gasteiger partial charge in [0.15, 0.2) is 0 Å². The summed E-state index contributed by atoms with van der Waals surface area (Å²) in [5, 5.41) is 2.93. The van der Waals surface area contributed by atoms with Gasteiger partial charge in [-0.05, 0) is 43.5 Å². The van der Waals surface area contributed by atoms with Gasteiger partial charge in [-0.1, -0.05) is 6.07 Å². The summed E-state index contributed by atoms with van der Waals surface area (Å²) in [6.07, 6.45) is 1.10. The Morgan fingerprint density at radius 1 is 1.55 bits per heavy atom. The van der Waals surface area contributed by atoms with Crippen molar-refractivity contribution in [2.45, 2.75) is 13.3 Å². The molecule has 1 aromatic rings. The second-order valence-corrected chi connectivity index (χ2v) is 5.41. The van der Waals surface area contributed by atoms with E-state index in [1.54, 1.807) is 7.11 Å². The Bertz CT molecular complexity index is 476. The molecule has 5 heteroatoms. The number of carbonyl (C=O) groups is 1. The third-order valence-corrected chi connectivity index (χ3v) is 3.79.